The van der Waals surface area contributed by atoms with E-state index in [1.54, 1.807) is 6.33 Å². The summed E-state index contributed by atoms with van der Waals surface area (Å²) in [4.78, 5) is 4.39. The first-order chi connectivity index (χ1) is 8.70. The summed E-state index contributed by atoms with van der Waals surface area (Å²) in [7, 11) is 0. The van der Waals surface area contributed by atoms with Gasteiger partial charge in [-0.05, 0) is 32.6 Å². The first-order valence-electron chi connectivity index (χ1n) is 7.35. The van der Waals surface area contributed by atoms with E-state index in [1.165, 1.54) is 44.9 Å². The van der Waals surface area contributed by atoms with E-state index in [9.17, 15) is 0 Å². The lowest BCUT2D eigenvalue weighted by atomic mass is 9.86. The maximum absolute atomic E-state index is 6.45. The molecule has 1 saturated carbocycles. The van der Waals surface area contributed by atoms with E-state index in [0.29, 0.717) is 12.0 Å². The monoisotopic (exact) mass is 250 g/mol. The lowest BCUT2D eigenvalue weighted by Crippen LogP contribution is -2.26. The molecule has 1 aromatic heterocycles. The second-order valence-corrected chi connectivity index (χ2v) is 5.79. The van der Waals surface area contributed by atoms with E-state index < -0.39 is 0 Å². The predicted molar refractivity (Wildman–Crippen MR) is 73.1 cm³/mol. The van der Waals surface area contributed by atoms with E-state index >= 15 is 0 Å². The van der Waals surface area contributed by atoms with Gasteiger partial charge >= 0.3 is 0 Å². The summed E-state index contributed by atoms with van der Waals surface area (Å²) in [5.74, 6) is 1.54. The van der Waals surface area contributed by atoms with Gasteiger partial charge in [0.25, 0.3) is 0 Å². The lowest BCUT2D eigenvalue weighted by molar-refractivity contribution is 0.308. The fraction of sp³-hybridized carbons (Fsp3) is 0.857. The molecule has 2 N–H and O–H groups in total. The van der Waals surface area contributed by atoms with Crippen molar-refractivity contribution in [1.29, 1.82) is 0 Å². The summed E-state index contributed by atoms with van der Waals surface area (Å²) < 4.78 is 1.98. The van der Waals surface area contributed by atoms with E-state index in [1.807, 2.05) is 4.68 Å². The Kier molecular flexibility index (Phi) is 4.75. The molecule has 1 atom stereocenters. The van der Waals surface area contributed by atoms with Gasteiger partial charge in [0.05, 0.1) is 6.04 Å². The normalized spacial score (nSPS) is 20.7. The van der Waals surface area contributed by atoms with Crippen molar-refractivity contribution in [1.82, 2.24) is 14.8 Å². The molecular weight excluding hydrogens is 224 g/mol. The Morgan fingerprint density at radius 3 is 2.39 bits per heavy atom. The van der Waals surface area contributed by atoms with Crippen LogP contribution in [0.15, 0.2) is 6.33 Å². The van der Waals surface area contributed by atoms with Crippen LogP contribution in [0.5, 0.6) is 0 Å². The maximum Gasteiger partial charge on any atom is 0.144 e. The first-order valence-corrected chi connectivity index (χ1v) is 7.35. The molecule has 0 aromatic carbocycles. The summed E-state index contributed by atoms with van der Waals surface area (Å²) >= 11 is 0. The zero-order chi connectivity index (χ0) is 13.0. The van der Waals surface area contributed by atoms with Crippen molar-refractivity contribution in [3.8, 4) is 0 Å². The van der Waals surface area contributed by atoms with E-state index in [2.05, 4.69) is 23.9 Å². The molecule has 4 nitrogen and oxygen atoms in total. The zero-order valence-electron chi connectivity index (χ0n) is 11.7. The zero-order valence-corrected chi connectivity index (χ0v) is 11.7. The molecule has 4 heteroatoms. The van der Waals surface area contributed by atoms with E-state index in [0.717, 1.165) is 5.82 Å². The van der Waals surface area contributed by atoms with Gasteiger partial charge in [0.1, 0.15) is 12.2 Å². The van der Waals surface area contributed by atoms with Gasteiger partial charge in [-0.15, -0.1) is 0 Å². The van der Waals surface area contributed by atoms with Crippen LogP contribution in [0, 0.1) is 5.92 Å². The SMILES string of the molecule is CC(C)n1ncnc1C(N)C1CCCCCCC1. The summed E-state index contributed by atoms with van der Waals surface area (Å²) in [6.45, 7) is 4.26. The van der Waals surface area contributed by atoms with Crippen molar-refractivity contribution in [3.05, 3.63) is 12.2 Å². The van der Waals surface area contributed by atoms with Gasteiger partial charge in [0, 0.05) is 6.04 Å². The van der Waals surface area contributed by atoms with Crippen LogP contribution in [0.4, 0.5) is 0 Å². The molecule has 1 aliphatic rings. The molecule has 0 aliphatic heterocycles. The molecule has 102 valence electrons. The number of nitrogens with zero attached hydrogens (tertiary/aromatic N) is 3. The smallest absolute Gasteiger partial charge is 0.144 e. The highest BCUT2D eigenvalue weighted by Crippen LogP contribution is 2.31. The second kappa shape index (κ2) is 6.32. The third-order valence-corrected chi connectivity index (χ3v) is 4.05. The molecule has 2 rings (SSSR count). The summed E-state index contributed by atoms with van der Waals surface area (Å²) in [6.07, 6.45) is 10.9. The fourth-order valence-corrected chi connectivity index (χ4v) is 2.95. The lowest BCUT2D eigenvalue weighted by Gasteiger charge is -2.26. The Balaban J connectivity index is 2.08. The van der Waals surface area contributed by atoms with Gasteiger partial charge in [-0.25, -0.2) is 9.67 Å². The van der Waals surface area contributed by atoms with Crippen molar-refractivity contribution >= 4 is 0 Å². The Morgan fingerprint density at radius 2 is 1.78 bits per heavy atom. The van der Waals surface area contributed by atoms with Crippen LogP contribution in [0.3, 0.4) is 0 Å². The Bertz CT molecular complexity index is 350. The van der Waals surface area contributed by atoms with Gasteiger partial charge in [-0.2, -0.15) is 5.10 Å². The molecule has 0 amide bonds. The standard InChI is InChI=1S/C14H26N4/c1-11(2)18-14(16-10-17-18)13(15)12-8-6-4-3-5-7-9-12/h10-13H,3-9,15H2,1-2H3. The molecule has 1 heterocycles. The van der Waals surface area contributed by atoms with Crippen LogP contribution in [0.1, 0.15) is 76.7 Å². The maximum atomic E-state index is 6.45. The van der Waals surface area contributed by atoms with Crippen LogP contribution >= 0.6 is 0 Å². The molecule has 0 spiro atoms. The van der Waals surface area contributed by atoms with Gasteiger partial charge in [0.2, 0.25) is 0 Å². The van der Waals surface area contributed by atoms with E-state index in [4.69, 9.17) is 5.73 Å². The molecule has 1 fully saturated rings. The molecule has 1 aliphatic carbocycles. The predicted octanol–water partition coefficient (Wildman–Crippen LogP) is 3.22. The molecule has 0 radical (unpaired) electrons. The highest BCUT2D eigenvalue weighted by molar-refractivity contribution is 4.97. The number of aromatic nitrogens is 3. The van der Waals surface area contributed by atoms with Crippen molar-refractivity contribution in [3.63, 3.8) is 0 Å². The second-order valence-electron chi connectivity index (χ2n) is 5.79. The molecule has 0 bridgehead atoms. The highest BCUT2D eigenvalue weighted by Gasteiger charge is 2.24. The number of hydrogen-bond acceptors (Lipinski definition) is 3. The minimum Gasteiger partial charge on any atom is -0.321 e. The molecule has 1 aromatic rings. The van der Waals surface area contributed by atoms with Crippen molar-refractivity contribution < 1.29 is 0 Å². The van der Waals surface area contributed by atoms with Gasteiger partial charge in [-0.1, -0.05) is 32.1 Å². The van der Waals surface area contributed by atoms with Crippen molar-refractivity contribution in [2.24, 2.45) is 11.7 Å². The molecule has 1 unspecified atom stereocenters. The Hall–Kier alpha value is -0.900. The van der Waals surface area contributed by atoms with Crippen LogP contribution in [-0.4, -0.2) is 14.8 Å². The van der Waals surface area contributed by atoms with Crippen molar-refractivity contribution in [2.45, 2.75) is 70.9 Å². The quantitative estimate of drug-likeness (QED) is 0.896. The Labute approximate surface area is 110 Å². The highest BCUT2D eigenvalue weighted by atomic mass is 15.4. The largest absolute Gasteiger partial charge is 0.321 e. The number of hydrogen-bond donors (Lipinski definition) is 1. The topological polar surface area (TPSA) is 56.7 Å². The van der Waals surface area contributed by atoms with E-state index in [-0.39, 0.29) is 6.04 Å². The minimum absolute atomic E-state index is 0.0491. The van der Waals surface area contributed by atoms with Crippen LogP contribution in [0.2, 0.25) is 0 Å². The fourth-order valence-electron chi connectivity index (χ4n) is 2.95. The average molecular weight is 250 g/mol. The van der Waals surface area contributed by atoms with Crippen molar-refractivity contribution in [2.75, 3.05) is 0 Å². The Morgan fingerprint density at radius 1 is 1.17 bits per heavy atom. The summed E-state index contributed by atoms with van der Waals surface area (Å²) in [6, 6.07) is 0.384. The minimum atomic E-state index is 0.0491. The molecular formula is C14H26N4. The van der Waals surface area contributed by atoms with Gasteiger partial charge in [0.15, 0.2) is 0 Å². The summed E-state index contributed by atoms with van der Waals surface area (Å²) in [5.41, 5.74) is 6.45. The number of rotatable bonds is 3. The molecule has 18 heavy (non-hydrogen) atoms. The van der Waals surface area contributed by atoms with Gasteiger partial charge < -0.3 is 5.73 Å². The first kappa shape index (κ1) is 13.5. The third kappa shape index (κ3) is 3.10. The van der Waals surface area contributed by atoms with Crippen LogP contribution < -0.4 is 5.73 Å². The molecule has 0 saturated heterocycles. The third-order valence-electron chi connectivity index (χ3n) is 4.05. The summed E-state index contributed by atoms with van der Waals surface area (Å²) in [5, 5.41) is 4.30. The van der Waals surface area contributed by atoms with Crippen LogP contribution in [-0.2, 0) is 0 Å². The van der Waals surface area contributed by atoms with Crippen LogP contribution in [0.25, 0.3) is 0 Å². The van der Waals surface area contributed by atoms with Gasteiger partial charge in [-0.3, -0.25) is 0 Å². The average Bonchev–Trinajstić information content (AvgIpc) is 2.76. The number of nitrogens with two attached hydrogens (primary N) is 1.